The molecular weight excluding hydrogens is 1280 g/mol. The summed E-state index contributed by atoms with van der Waals surface area (Å²) in [4.78, 5) is 185. The van der Waals surface area contributed by atoms with Crippen molar-refractivity contribution in [2.45, 2.75) is 311 Å². The van der Waals surface area contributed by atoms with Crippen LogP contribution in [0.3, 0.4) is 0 Å². The number of alkyl carbamates (subject to hydrolysis) is 3. The normalized spacial score (nSPS) is 22.7. The molecule has 0 bridgehead atoms. The maximum Gasteiger partial charge on any atom is 0.407 e. The highest BCUT2D eigenvalue weighted by atomic mass is 16.6. The molecule has 1 aliphatic heterocycles. The van der Waals surface area contributed by atoms with E-state index in [1.54, 1.807) is 125 Å². The van der Waals surface area contributed by atoms with E-state index < -0.39 is 210 Å². The highest BCUT2D eigenvalue weighted by Gasteiger charge is 2.39. The van der Waals surface area contributed by atoms with Crippen LogP contribution >= 0.6 is 0 Å². The van der Waals surface area contributed by atoms with E-state index in [4.69, 9.17) is 29.4 Å². The minimum absolute atomic E-state index is 0.0163. The largest absolute Gasteiger partial charge is 0.460 e. The van der Waals surface area contributed by atoms with Gasteiger partial charge in [-0.25, -0.2) is 14.4 Å². The van der Waals surface area contributed by atoms with Crippen LogP contribution in [0, 0.1) is 29.6 Å². The third-order valence-electron chi connectivity index (χ3n) is 15.9. The quantitative estimate of drug-likeness (QED) is 0.0422. The summed E-state index contributed by atoms with van der Waals surface area (Å²) in [5, 5.41) is 35.2. The molecule has 29 nitrogen and oxygen atoms in total. The number of carbonyl (C=O) groups excluding carboxylic acids is 13. The fraction of sp³-hybridized carbons (Fsp3) is 0.814. The summed E-state index contributed by atoms with van der Waals surface area (Å²) < 4.78 is 27.7. The lowest BCUT2D eigenvalue weighted by molar-refractivity contribution is -0.155. The number of rotatable bonds is 24. The van der Waals surface area contributed by atoms with Gasteiger partial charge in [-0.3, -0.25) is 47.9 Å². The van der Waals surface area contributed by atoms with Gasteiger partial charge in [-0.2, -0.15) is 0 Å². The lowest BCUT2D eigenvalue weighted by Gasteiger charge is -2.30. The van der Waals surface area contributed by atoms with Crippen LogP contribution in [0.25, 0.3) is 0 Å². The van der Waals surface area contributed by atoms with Gasteiger partial charge in [-0.1, -0.05) is 46.0 Å². The Hall–Kier alpha value is -7.01. The SMILES string of the molecule is CC(C)C[C@@H]1NC(=O)[C@@H](CC2CCCCC2)CC(=O)[C@H](CCNC(=O)OC(C)(C)C)NC(=O)[C@@H](CC(=O)[C@H](CNC(=O)OC(C)(C)C)NC(=O)[C@@H](N)C(C)OC(C)(C)C)CCNC(=O)[C@H](C(C)O)CC(=O)[C@H](CCNC(=O)OC(C)(C)C)NC(=O)[C@H](CCCC(=O)OC(C)(C)C)NC1=O. The molecular formula is C70H122N10O19. The van der Waals surface area contributed by atoms with Crippen LogP contribution in [0.15, 0.2) is 0 Å². The zero-order valence-electron chi connectivity index (χ0n) is 62.5. The molecule has 1 saturated carbocycles. The minimum atomic E-state index is -1.60. The van der Waals surface area contributed by atoms with Crippen molar-refractivity contribution in [2.75, 3.05) is 26.2 Å². The van der Waals surface area contributed by atoms with Crippen LogP contribution in [0.4, 0.5) is 14.4 Å². The molecule has 0 aromatic heterocycles. The monoisotopic (exact) mass is 1410 g/mol. The average Bonchev–Trinajstić information content (AvgIpc) is 1.09. The third kappa shape index (κ3) is 37.3. The van der Waals surface area contributed by atoms with Crippen molar-refractivity contribution in [3.8, 4) is 0 Å². The first-order valence-corrected chi connectivity index (χ1v) is 35.1. The molecule has 29 heteroatoms. The number of nitrogens with one attached hydrogen (secondary N) is 9. The second-order valence-corrected chi connectivity index (χ2v) is 31.8. The van der Waals surface area contributed by atoms with Crippen LogP contribution in [0.1, 0.15) is 234 Å². The smallest absolute Gasteiger partial charge is 0.407 e. The van der Waals surface area contributed by atoms with Crippen LogP contribution in [0.5, 0.6) is 0 Å². The Labute approximate surface area is 586 Å². The minimum Gasteiger partial charge on any atom is -0.460 e. The molecule has 0 aromatic carbocycles. The van der Waals surface area contributed by atoms with Crippen molar-refractivity contribution < 1.29 is 91.1 Å². The fourth-order valence-corrected chi connectivity index (χ4v) is 11.2. The summed E-state index contributed by atoms with van der Waals surface area (Å²) in [6.45, 7) is 29.8. The topological polar surface area (TPSA) is 423 Å². The Balaban J connectivity index is 3.05. The van der Waals surface area contributed by atoms with E-state index in [1.807, 2.05) is 0 Å². The lowest BCUT2D eigenvalue weighted by atomic mass is 9.80. The van der Waals surface area contributed by atoms with Gasteiger partial charge < -0.3 is 82.4 Å². The number of Topliss-reactive ketones (excluding diaryl/α,β-unsaturated/α-hetero) is 3. The number of hydrogen-bond acceptors (Lipinski definition) is 20. The van der Waals surface area contributed by atoms with E-state index >= 15 is 14.4 Å². The van der Waals surface area contributed by atoms with Crippen molar-refractivity contribution in [1.29, 1.82) is 0 Å². The van der Waals surface area contributed by atoms with E-state index in [1.165, 1.54) is 6.92 Å². The Kier molecular flexibility index (Phi) is 36.0. The number of amides is 9. The van der Waals surface area contributed by atoms with Gasteiger partial charge in [0.2, 0.25) is 35.4 Å². The Morgan fingerprint density at radius 2 is 1.01 bits per heavy atom. The highest BCUT2D eigenvalue weighted by Crippen LogP contribution is 2.31. The summed E-state index contributed by atoms with van der Waals surface area (Å²) in [6.07, 6.45) is -4.22. The van der Waals surface area contributed by atoms with Gasteiger partial charge >= 0.3 is 24.2 Å². The number of ether oxygens (including phenoxy) is 5. The van der Waals surface area contributed by atoms with E-state index in [-0.39, 0.29) is 69.9 Å². The molecule has 99 heavy (non-hydrogen) atoms. The molecule has 12 N–H and O–H groups in total. The predicted octanol–water partition coefficient (Wildman–Crippen LogP) is 5.45. The van der Waals surface area contributed by atoms with Gasteiger partial charge in [0, 0.05) is 63.7 Å². The standard InChI is InChI=1S/C70H122N10O19/c1-40(2)34-50-61(90)78-49(26-23-27-55(85)96-67(8,9)10)60(89)77-48(30-33-74-64(93)98-69(14,15)16)54(84)38-46(41(3)81)59(88)72-31-28-44(36-53(83)51(39-75-65(94)99-70(17,18)19)80-62(91)56(71)42(4)95-66(5,6)7)57(86)76-47(29-32-73-63(92)97-68(11,12)13)52(82)37-45(58(87)79-50)35-43-24-21-20-22-25-43/h40-51,56,81H,20-39,71H2,1-19H3,(H,72,88)(H,73,92)(H,74,93)(H,75,94)(H,76,86)(H,77,89)(H,78,90)(H,79,87)(H,80,91)/t41?,42?,44-,45+,46+,47+,48+,49+,50+,51+,56+/m1/s1. The molecule has 1 heterocycles. The van der Waals surface area contributed by atoms with Crippen molar-refractivity contribution in [3.63, 3.8) is 0 Å². The molecule has 9 amide bonds. The average molecular weight is 1410 g/mol. The lowest BCUT2D eigenvalue weighted by Crippen LogP contribution is -2.57. The maximum atomic E-state index is 15.2. The number of esters is 1. The van der Waals surface area contributed by atoms with E-state index in [0.29, 0.717) is 0 Å². The summed E-state index contributed by atoms with van der Waals surface area (Å²) in [6, 6.07) is -8.81. The highest BCUT2D eigenvalue weighted by molar-refractivity contribution is 5.98. The van der Waals surface area contributed by atoms with Crippen LogP contribution in [-0.4, -0.2) is 185 Å². The molecule has 2 aliphatic rings. The third-order valence-corrected chi connectivity index (χ3v) is 15.9. The van der Waals surface area contributed by atoms with Gasteiger partial charge in [-0.15, -0.1) is 0 Å². The fourth-order valence-electron chi connectivity index (χ4n) is 11.2. The zero-order chi connectivity index (χ0) is 75.6. The van der Waals surface area contributed by atoms with E-state index in [2.05, 4.69) is 47.9 Å². The van der Waals surface area contributed by atoms with Crippen molar-refractivity contribution in [2.24, 2.45) is 35.3 Å². The summed E-state index contributed by atoms with van der Waals surface area (Å²) in [5.74, 6) is -12.6. The summed E-state index contributed by atoms with van der Waals surface area (Å²) in [7, 11) is 0. The molecule has 0 radical (unpaired) electrons. The van der Waals surface area contributed by atoms with Crippen LogP contribution in [-0.2, 0) is 71.6 Å². The van der Waals surface area contributed by atoms with Gasteiger partial charge in [0.15, 0.2) is 17.3 Å². The number of aliphatic hydroxyl groups excluding tert-OH is 1. The molecule has 566 valence electrons. The number of hydrogen-bond donors (Lipinski definition) is 11. The Morgan fingerprint density at radius 1 is 0.545 bits per heavy atom. The molecule has 2 unspecified atom stereocenters. The van der Waals surface area contributed by atoms with E-state index in [9.17, 15) is 53.1 Å². The van der Waals surface area contributed by atoms with Gasteiger partial charge in [0.05, 0.1) is 35.8 Å². The Bertz CT molecular complexity index is 2720. The van der Waals surface area contributed by atoms with Gasteiger partial charge in [0.1, 0.15) is 46.6 Å². The molecule has 2 fully saturated rings. The predicted molar refractivity (Wildman–Crippen MR) is 369 cm³/mol. The Morgan fingerprint density at radius 3 is 1.51 bits per heavy atom. The van der Waals surface area contributed by atoms with Crippen molar-refractivity contribution in [1.82, 2.24) is 47.9 Å². The second-order valence-electron chi connectivity index (χ2n) is 31.8. The number of nitrogens with two attached hydrogens (primary N) is 1. The second kappa shape index (κ2) is 40.4. The summed E-state index contributed by atoms with van der Waals surface area (Å²) >= 11 is 0. The van der Waals surface area contributed by atoms with Crippen molar-refractivity contribution >= 4 is 77.0 Å². The number of carbonyl (C=O) groups is 13. The van der Waals surface area contributed by atoms with Gasteiger partial charge in [0.25, 0.3) is 0 Å². The molecule has 11 atom stereocenters. The van der Waals surface area contributed by atoms with Crippen LogP contribution in [0.2, 0.25) is 0 Å². The van der Waals surface area contributed by atoms with Gasteiger partial charge in [-0.05, 0) is 174 Å². The first kappa shape index (κ1) is 88.1. The van der Waals surface area contributed by atoms with E-state index in [0.717, 1.165) is 32.1 Å². The summed E-state index contributed by atoms with van der Waals surface area (Å²) in [5.41, 5.74) is 1.92. The first-order chi connectivity index (χ1) is 45.5. The van der Waals surface area contributed by atoms with Crippen molar-refractivity contribution in [3.05, 3.63) is 0 Å². The zero-order valence-corrected chi connectivity index (χ0v) is 62.5. The maximum absolute atomic E-state index is 15.2. The first-order valence-electron chi connectivity index (χ1n) is 35.1. The molecule has 1 saturated heterocycles. The number of ketones is 3. The number of aliphatic hydroxyl groups is 1. The molecule has 0 spiro atoms. The molecule has 1 aliphatic carbocycles. The molecule has 0 aromatic rings. The van der Waals surface area contributed by atoms with Crippen LogP contribution < -0.4 is 53.6 Å². The molecule has 2 rings (SSSR count).